The lowest BCUT2D eigenvalue weighted by molar-refractivity contribution is -0.137. The van der Waals surface area contributed by atoms with Gasteiger partial charge in [-0.25, -0.2) is 4.79 Å². The molecule has 2 atom stereocenters. The maximum atomic E-state index is 13.2. The molecule has 30 heavy (non-hydrogen) atoms. The van der Waals surface area contributed by atoms with Gasteiger partial charge in [-0.15, -0.1) is 11.8 Å². The Labute approximate surface area is 176 Å². The number of carbonyl (C=O) groups excluding carboxylic acids is 3. The predicted octanol–water partition coefficient (Wildman–Crippen LogP) is 3.64. The molecular formula is C20H22F3N3O3S. The van der Waals surface area contributed by atoms with E-state index in [9.17, 15) is 27.6 Å². The van der Waals surface area contributed by atoms with E-state index in [1.54, 1.807) is 6.92 Å². The summed E-state index contributed by atoms with van der Waals surface area (Å²) in [5.41, 5.74) is -1.69. The molecule has 4 rings (SSSR count). The van der Waals surface area contributed by atoms with E-state index < -0.39 is 41.7 Å². The highest BCUT2D eigenvalue weighted by atomic mass is 32.2. The number of halogens is 3. The zero-order valence-electron chi connectivity index (χ0n) is 16.6. The molecule has 2 heterocycles. The van der Waals surface area contributed by atoms with Gasteiger partial charge in [0.25, 0.3) is 5.91 Å². The molecule has 1 saturated heterocycles. The summed E-state index contributed by atoms with van der Waals surface area (Å²) in [4.78, 5) is 41.0. The van der Waals surface area contributed by atoms with Crippen molar-refractivity contribution >= 4 is 35.3 Å². The standard InChI is InChI=1S/C20H22F3N3O3S/c1-11-7-8-25(14-9-13(20(21,22)23)5-6-15(14)30-11)16(27)10-26-17(28)19(2,12-3-4-12)24-18(26)29/h5-6,9,11-12H,3-4,7-8,10H2,1-2H3,(H,24,29). The molecule has 1 N–H and O–H groups in total. The van der Waals surface area contributed by atoms with Crippen LogP contribution in [0.2, 0.25) is 0 Å². The third kappa shape index (κ3) is 3.66. The molecule has 2 aliphatic heterocycles. The van der Waals surface area contributed by atoms with Gasteiger partial charge in [-0.2, -0.15) is 13.2 Å². The van der Waals surface area contributed by atoms with Gasteiger partial charge in [0.15, 0.2) is 0 Å². The van der Waals surface area contributed by atoms with E-state index >= 15 is 0 Å². The smallest absolute Gasteiger partial charge is 0.323 e. The van der Waals surface area contributed by atoms with Crippen LogP contribution >= 0.6 is 11.8 Å². The van der Waals surface area contributed by atoms with Gasteiger partial charge in [0.2, 0.25) is 5.91 Å². The van der Waals surface area contributed by atoms with Crippen LogP contribution in [0, 0.1) is 5.92 Å². The van der Waals surface area contributed by atoms with Crippen molar-refractivity contribution in [3.8, 4) is 0 Å². The van der Waals surface area contributed by atoms with Gasteiger partial charge in [-0.05, 0) is 50.3 Å². The number of benzene rings is 1. The maximum Gasteiger partial charge on any atom is 0.416 e. The highest BCUT2D eigenvalue weighted by Crippen LogP contribution is 2.43. The first-order valence-electron chi connectivity index (χ1n) is 9.83. The number of fused-ring (bicyclic) bond motifs is 1. The number of carbonyl (C=O) groups is 3. The van der Waals surface area contributed by atoms with Crippen LogP contribution in [0.25, 0.3) is 0 Å². The van der Waals surface area contributed by atoms with E-state index in [4.69, 9.17) is 0 Å². The van der Waals surface area contributed by atoms with Crippen LogP contribution < -0.4 is 10.2 Å². The molecule has 0 aromatic heterocycles. The number of urea groups is 1. The Morgan fingerprint density at radius 3 is 2.60 bits per heavy atom. The minimum absolute atomic E-state index is 0.0551. The number of hydrogen-bond acceptors (Lipinski definition) is 4. The normalized spacial score (nSPS) is 27.0. The van der Waals surface area contributed by atoms with Crippen molar-refractivity contribution in [2.24, 2.45) is 5.92 Å². The second-order valence-electron chi connectivity index (χ2n) is 8.24. The van der Waals surface area contributed by atoms with E-state index in [0.29, 0.717) is 11.3 Å². The van der Waals surface area contributed by atoms with E-state index in [1.807, 2.05) is 6.92 Å². The Balaban J connectivity index is 1.61. The molecule has 2 fully saturated rings. The highest BCUT2D eigenvalue weighted by molar-refractivity contribution is 8.00. The number of imide groups is 1. The molecule has 162 valence electrons. The quantitative estimate of drug-likeness (QED) is 0.728. The minimum atomic E-state index is -4.54. The zero-order valence-corrected chi connectivity index (χ0v) is 17.4. The average molecular weight is 441 g/mol. The number of anilines is 1. The third-order valence-corrected chi connectivity index (χ3v) is 7.19. The van der Waals surface area contributed by atoms with Gasteiger partial charge in [0.05, 0.1) is 11.3 Å². The van der Waals surface area contributed by atoms with E-state index in [2.05, 4.69) is 5.32 Å². The van der Waals surface area contributed by atoms with Crippen LogP contribution in [0.4, 0.5) is 23.7 Å². The summed E-state index contributed by atoms with van der Waals surface area (Å²) in [7, 11) is 0. The Morgan fingerprint density at radius 2 is 1.97 bits per heavy atom. The molecule has 1 aromatic carbocycles. The van der Waals surface area contributed by atoms with Crippen molar-refractivity contribution in [3.05, 3.63) is 23.8 Å². The monoisotopic (exact) mass is 441 g/mol. The average Bonchev–Trinajstić information content (AvgIpc) is 3.48. The topological polar surface area (TPSA) is 69.7 Å². The molecule has 1 aliphatic carbocycles. The molecule has 0 radical (unpaired) electrons. The lowest BCUT2D eigenvalue weighted by atomic mass is 9.96. The molecule has 4 amide bonds. The van der Waals surface area contributed by atoms with Crippen LogP contribution in [0.3, 0.4) is 0 Å². The Bertz CT molecular complexity index is 918. The number of nitrogens with one attached hydrogen (secondary N) is 1. The highest BCUT2D eigenvalue weighted by Gasteiger charge is 2.56. The molecule has 6 nitrogen and oxygen atoms in total. The first kappa shape index (κ1) is 21.0. The molecule has 3 aliphatic rings. The summed E-state index contributed by atoms with van der Waals surface area (Å²) in [5, 5.41) is 2.79. The minimum Gasteiger partial charge on any atom is -0.323 e. The molecule has 10 heteroatoms. The Kier molecular flexibility index (Phi) is 5.03. The van der Waals surface area contributed by atoms with Crippen LogP contribution in [0.1, 0.15) is 38.7 Å². The fourth-order valence-corrected chi connectivity index (χ4v) is 5.08. The molecular weight excluding hydrogens is 419 g/mol. The third-order valence-electron chi connectivity index (χ3n) is 5.95. The number of nitrogens with zero attached hydrogens (tertiary/aromatic N) is 2. The second-order valence-corrected chi connectivity index (χ2v) is 9.72. The first-order chi connectivity index (χ1) is 14.0. The van der Waals surface area contributed by atoms with E-state index in [0.717, 1.165) is 29.9 Å². The Hall–Kier alpha value is -2.23. The lowest BCUT2D eigenvalue weighted by Gasteiger charge is -2.26. The number of amides is 4. The van der Waals surface area contributed by atoms with Crippen molar-refractivity contribution in [3.63, 3.8) is 0 Å². The Morgan fingerprint density at radius 1 is 1.27 bits per heavy atom. The van der Waals surface area contributed by atoms with Crippen molar-refractivity contribution in [1.29, 1.82) is 0 Å². The van der Waals surface area contributed by atoms with E-state index in [1.165, 1.54) is 22.7 Å². The number of thioether (sulfide) groups is 1. The van der Waals surface area contributed by atoms with E-state index in [-0.39, 0.29) is 23.4 Å². The van der Waals surface area contributed by atoms with Crippen molar-refractivity contribution in [2.45, 2.75) is 55.0 Å². The molecule has 0 spiro atoms. The van der Waals surface area contributed by atoms with Crippen LogP contribution in [0.5, 0.6) is 0 Å². The maximum absolute atomic E-state index is 13.2. The van der Waals surface area contributed by atoms with Crippen molar-refractivity contribution in [2.75, 3.05) is 18.0 Å². The second kappa shape index (κ2) is 7.18. The fourth-order valence-electron chi connectivity index (χ4n) is 3.99. The predicted molar refractivity (Wildman–Crippen MR) is 105 cm³/mol. The number of hydrogen-bond donors (Lipinski definition) is 1. The summed E-state index contributed by atoms with van der Waals surface area (Å²) >= 11 is 1.41. The summed E-state index contributed by atoms with van der Waals surface area (Å²) in [6, 6.07) is 2.72. The summed E-state index contributed by atoms with van der Waals surface area (Å²) in [6.45, 7) is 3.32. The molecule has 0 bridgehead atoms. The van der Waals surface area contributed by atoms with Gasteiger partial charge in [0.1, 0.15) is 12.1 Å². The molecule has 1 aromatic rings. The SMILES string of the molecule is CC1CCN(C(=O)CN2C(=O)NC(C)(C3CC3)C2=O)c2cc(C(F)(F)F)ccc2S1. The number of alkyl halides is 3. The zero-order chi connectivity index (χ0) is 21.8. The summed E-state index contributed by atoms with van der Waals surface area (Å²) in [5.74, 6) is -0.974. The van der Waals surface area contributed by atoms with Crippen LogP contribution in [-0.4, -0.2) is 46.6 Å². The van der Waals surface area contributed by atoms with Gasteiger partial charge >= 0.3 is 12.2 Å². The van der Waals surface area contributed by atoms with Gasteiger partial charge in [-0.1, -0.05) is 6.92 Å². The lowest BCUT2D eigenvalue weighted by Crippen LogP contribution is -2.47. The molecule has 2 unspecified atom stereocenters. The van der Waals surface area contributed by atoms with Crippen molar-refractivity contribution in [1.82, 2.24) is 10.2 Å². The fraction of sp³-hybridized carbons (Fsp3) is 0.550. The van der Waals surface area contributed by atoms with Gasteiger partial charge < -0.3 is 10.2 Å². The van der Waals surface area contributed by atoms with Crippen LogP contribution in [0.15, 0.2) is 23.1 Å². The van der Waals surface area contributed by atoms with Crippen molar-refractivity contribution < 1.29 is 27.6 Å². The van der Waals surface area contributed by atoms with Crippen LogP contribution in [-0.2, 0) is 15.8 Å². The summed E-state index contributed by atoms with van der Waals surface area (Å²) in [6.07, 6.45) is -2.30. The van der Waals surface area contributed by atoms with Gasteiger partial charge in [-0.3, -0.25) is 14.5 Å². The summed E-state index contributed by atoms with van der Waals surface area (Å²) < 4.78 is 39.7. The molecule has 1 saturated carbocycles. The number of rotatable bonds is 3. The first-order valence-corrected chi connectivity index (χ1v) is 10.7. The van der Waals surface area contributed by atoms with Gasteiger partial charge in [0, 0.05) is 16.7 Å². The largest absolute Gasteiger partial charge is 0.416 e.